The van der Waals surface area contributed by atoms with Gasteiger partial charge in [0.25, 0.3) is 5.91 Å². The van der Waals surface area contributed by atoms with Crippen molar-refractivity contribution in [3.63, 3.8) is 0 Å². The Morgan fingerprint density at radius 3 is 2.31 bits per heavy atom. The maximum absolute atomic E-state index is 14.4. The third-order valence-electron chi connectivity index (χ3n) is 6.55. The lowest BCUT2D eigenvalue weighted by Gasteiger charge is -2.28. The lowest BCUT2D eigenvalue weighted by atomic mass is 10.2. The zero-order valence-corrected chi connectivity index (χ0v) is 23.5. The Balaban J connectivity index is 0.00000353. The monoisotopic (exact) mass is 602 g/mol. The Bertz CT molecular complexity index is 1400. The number of hydrogen-bond acceptors (Lipinski definition) is 8. The first-order valence-corrected chi connectivity index (χ1v) is 14.6. The molecule has 0 saturated carbocycles. The Morgan fingerprint density at radius 2 is 1.64 bits per heavy atom. The van der Waals surface area contributed by atoms with Crippen LogP contribution in [0, 0.1) is 11.6 Å². The van der Waals surface area contributed by atoms with Crippen molar-refractivity contribution in [2.24, 2.45) is 0 Å². The number of carbonyl (C=O) groups is 1. The number of anilines is 1. The first-order chi connectivity index (χ1) is 18.3. The minimum atomic E-state index is -3.70. The molecule has 2 aliphatic heterocycles. The van der Waals surface area contributed by atoms with Gasteiger partial charge in [-0.2, -0.15) is 4.31 Å². The van der Waals surface area contributed by atoms with Crippen LogP contribution in [-0.2, 0) is 19.5 Å². The number of benzene rings is 2. The summed E-state index contributed by atoms with van der Waals surface area (Å²) in [6, 6.07) is 7.73. The number of thiazole rings is 1. The van der Waals surface area contributed by atoms with Gasteiger partial charge in [-0.25, -0.2) is 22.2 Å². The number of hydrogen-bond donors (Lipinski definition) is 0. The van der Waals surface area contributed by atoms with E-state index < -0.39 is 27.6 Å². The summed E-state index contributed by atoms with van der Waals surface area (Å²) in [5.41, 5.74) is 0.271. The van der Waals surface area contributed by atoms with Crippen LogP contribution in [-0.4, -0.2) is 94.2 Å². The van der Waals surface area contributed by atoms with Crippen LogP contribution in [0.15, 0.2) is 41.3 Å². The summed E-state index contributed by atoms with van der Waals surface area (Å²) in [4.78, 5) is 21.7. The molecule has 5 rings (SSSR count). The van der Waals surface area contributed by atoms with Gasteiger partial charge in [-0.15, -0.1) is 12.4 Å². The predicted molar refractivity (Wildman–Crippen MR) is 146 cm³/mol. The van der Waals surface area contributed by atoms with E-state index in [0.717, 1.165) is 37.0 Å². The molecule has 0 unspecified atom stereocenters. The molecule has 2 fully saturated rings. The molecule has 0 bridgehead atoms. The number of rotatable bonds is 8. The highest BCUT2D eigenvalue weighted by Gasteiger charge is 2.28. The van der Waals surface area contributed by atoms with Crippen molar-refractivity contribution in [3.05, 3.63) is 53.6 Å². The number of nitrogens with zero attached hydrogens (tertiary/aromatic N) is 4. The number of fused-ring (bicyclic) bond motifs is 1. The van der Waals surface area contributed by atoms with E-state index in [1.54, 1.807) is 0 Å². The normalized spacial score (nSPS) is 17.2. The van der Waals surface area contributed by atoms with Crippen molar-refractivity contribution in [2.45, 2.75) is 11.3 Å². The molecular formula is C25H29ClF2N4O5S2. The van der Waals surface area contributed by atoms with E-state index in [1.807, 2.05) is 0 Å². The molecule has 14 heteroatoms. The van der Waals surface area contributed by atoms with E-state index in [0.29, 0.717) is 44.1 Å². The molecule has 0 aliphatic carbocycles. The molecule has 1 amide bonds. The third-order valence-corrected chi connectivity index (χ3v) is 9.49. The smallest absolute Gasteiger partial charge is 0.260 e. The molecule has 3 heterocycles. The van der Waals surface area contributed by atoms with Gasteiger partial charge in [0, 0.05) is 50.9 Å². The predicted octanol–water partition coefficient (Wildman–Crippen LogP) is 3.39. The first-order valence-electron chi connectivity index (χ1n) is 12.4. The van der Waals surface area contributed by atoms with Gasteiger partial charge in [-0.3, -0.25) is 14.6 Å². The van der Waals surface area contributed by atoms with Crippen molar-refractivity contribution in [1.29, 1.82) is 0 Å². The van der Waals surface area contributed by atoms with Crippen LogP contribution < -0.4 is 4.90 Å². The molecule has 0 N–H and O–H groups in total. The first kappa shape index (κ1) is 29.7. The fraction of sp³-hybridized carbons (Fsp3) is 0.440. The van der Waals surface area contributed by atoms with Gasteiger partial charge in [0.15, 0.2) is 10.9 Å². The second kappa shape index (κ2) is 12.9. The third kappa shape index (κ3) is 6.73. The summed E-state index contributed by atoms with van der Waals surface area (Å²) in [5.74, 6) is -1.91. The van der Waals surface area contributed by atoms with Crippen LogP contribution in [0.1, 0.15) is 16.8 Å². The highest BCUT2D eigenvalue weighted by molar-refractivity contribution is 7.89. The van der Waals surface area contributed by atoms with Gasteiger partial charge in [0.1, 0.15) is 11.3 Å². The summed E-state index contributed by atoms with van der Waals surface area (Å²) in [7, 11) is -3.70. The molecule has 0 spiro atoms. The van der Waals surface area contributed by atoms with Gasteiger partial charge in [-0.05, 0) is 36.8 Å². The summed E-state index contributed by atoms with van der Waals surface area (Å²) in [6.07, 6.45) is 0.627. The molecular weight excluding hydrogens is 574 g/mol. The topological polar surface area (TPSA) is 92.3 Å². The molecule has 3 aromatic rings. The van der Waals surface area contributed by atoms with Crippen molar-refractivity contribution < 1.29 is 31.5 Å². The number of morpholine rings is 2. The van der Waals surface area contributed by atoms with E-state index in [2.05, 4.69) is 9.88 Å². The largest absolute Gasteiger partial charge is 0.379 e. The molecule has 1 aromatic heterocycles. The molecule has 9 nitrogen and oxygen atoms in total. The molecule has 2 saturated heterocycles. The fourth-order valence-corrected chi connectivity index (χ4v) is 6.92. The zero-order chi connectivity index (χ0) is 26.7. The number of sulfonamides is 1. The van der Waals surface area contributed by atoms with Crippen molar-refractivity contribution in [2.75, 3.05) is 70.6 Å². The number of aromatic nitrogens is 1. The van der Waals surface area contributed by atoms with Crippen molar-refractivity contribution in [1.82, 2.24) is 14.2 Å². The van der Waals surface area contributed by atoms with E-state index in [9.17, 15) is 22.0 Å². The minimum Gasteiger partial charge on any atom is -0.379 e. The van der Waals surface area contributed by atoms with Crippen molar-refractivity contribution in [3.8, 4) is 0 Å². The molecule has 0 radical (unpaired) electrons. The molecule has 2 aliphatic rings. The quantitative estimate of drug-likeness (QED) is 0.390. The Kier molecular flexibility index (Phi) is 9.86. The fourth-order valence-electron chi connectivity index (χ4n) is 4.48. The second-order valence-corrected chi connectivity index (χ2v) is 12.0. The molecule has 212 valence electrons. The Labute approximate surface area is 235 Å². The highest BCUT2D eigenvalue weighted by atomic mass is 35.5. The maximum Gasteiger partial charge on any atom is 0.260 e. The van der Waals surface area contributed by atoms with Crippen LogP contribution in [0.2, 0.25) is 0 Å². The van der Waals surface area contributed by atoms with E-state index >= 15 is 0 Å². The number of halogens is 3. The standard InChI is InChI=1S/C25H28F2N4O5S2.ClH/c26-19-16-21(27)23-22(17-19)37-25(28-23)31(7-1-6-29-8-12-35-13-9-29)24(32)18-2-4-20(5-3-18)38(33,34)30-10-14-36-15-11-30;/h2-5,16-17H,1,6-15H2;1H. The zero-order valence-electron chi connectivity index (χ0n) is 21.1. The number of ether oxygens (including phenoxy) is 2. The van der Waals surface area contributed by atoms with Crippen LogP contribution in [0.5, 0.6) is 0 Å². The Morgan fingerprint density at radius 1 is 1.00 bits per heavy atom. The molecule has 39 heavy (non-hydrogen) atoms. The summed E-state index contributed by atoms with van der Waals surface area (Å²) in [6.45, 7) is 5.17. The van der Waals surface area contributed by atoms with Gasteiger partial charge < -0.3 is 9.47 Å². The van der Waals surface area contributed by atoms with Crippen LogP contribution >= 0.6 is 23.7 Å². The van der Waals surface area contributed by atoms with E-state index in [1.165, 1.54) is 39.5 Å². The van der Waals surface area contributed by atoms with E-state index in [-0.39, 0.29) is 46.6 Å². The van der Waals surface area contributed by atoms with Gasteiger partial charge in [-0.1, -0.05) is 11.3 Å². The van der Waals surface area contributed by atoms with E-state index in [4.69, 9.17) is 9.47 Å². The lowest BCUT2D eigenvalue weighted by molar-refractivity contribution is 0.0376. The Hall–Kier alpha value is -2.26. The average molecular weight is 603 g/mol. The second-order valence-electron chi connectivity index (χ2n) is 9.04. The SMILES string of the molecule is Cl.O=C(c1ccc(S(=O)(=O)N2CCOCC2)cc1)N(CCCN1CCOCC1)c1nc2c(F)cc(F)cc2s1. The maximum atomic E-state index is 14.4. The van der Waals surface area contributed by atoms with Gasteiger partial charge in [0.2, 0.25) is 10.0 Å². The lowest BCUT2D eigenvalue weighted by Crippen LogP contribution is -2.40. The average Bonchev–Trinajstić information content (AvgIpc) is 3.36. The van der Waals surface area contributed by atoms with Crippen LogP contribution in [0.3, 0.4) is 0 Å². The molecule has 0 atom stereocenters. The van der Waals surface area contributed by atoms with Crippen LogP contribution in [0.4, 0.5) is 13.9 Å². The van der Waals surface area contributed by atoms with Gasteiger partial charge in [0.05, 0.1) is 36.0 Å². The number of amides is 1. The number of carbonyl (C=O) groups excluding carboxylic acids is 1. The van der Waals surface area contributed by atoms with Crippen LogP contribution in [0.25, 0.3) is 10.2 Å². The summed E-state index contributed by atoms with van der Waals surface area (Å²) >= 11 is 1.03. The highest BCUT2D eigenvalue weighted by Crippen LogP contribution is 2.32. The molecule has 2 aromatic carbocycles. The van der Waals surface area contributed by atoms with Gasteiger partial charge >= 0.3 is 0 Å². The minimum absolute atomic E-state index is 0. The summed E-state index contributed by atoms with van der Waals surface area (Å²) in [5, 5.41) is 0.251. The summed E-state index contributed by atoms with van der Waals surface area (Å²) < 4.78 is 66.4. The van der Waals surface area contributed by atoms with Crippen molar-refractivity contribution >= 4 is 55.0 Å².